The van der Waals surface area contributed by atoms with Gasteiger partial charge in [0.25, 0.3) is 0 Å². The largest absolute Gasteiger partial charge is 0.346 e. The number of hydrogen-bond donors (Lipinski definition) is 2. The molecule has 2 N–H and O–H groups in total. The first kappa shape index (κ1) is 16.2. The van der Waals surface area contributed by atoms with Crippen LogP contribution in [0.3, 0.4) is 0 Å². The lowest BCUT2D eigenvalue weighted by atomic mass is 10.0. The van der Waals surface area contributed by atoms with E-state index in [1.165, 1.54) is 6.07 Å². The van der Waals surface area contributed by atoms with E-state index in [0.29, 0.717) is 11.4 Å². The van der Waals surface area contributed by atoms with Gasteiger partial charge in [0.1, 0.15) is 11.6 Å². The van der Waals surface area contributed by atoms with Crippen molar-refractivity contribution in [2.24, 2.45) is 5.92 Å². The Bertz CT molecular complexity index is 823. The molecule has 0 radical (unpaired) electrons. The zero-order chi connectivity index (χ0) is 17.1. The fourth-order valence-corrected chi connectivity index (χ4v) is 2.71. The van der Waals surface area contributed by atoms with Gasteiger partial charge in [0.2, 0.25) is 5.91 Å². The number of hydrogen-bond acceptors (Lipinski definition) is 2. The molecule has 0 unspecified atom stereocenters. The summed E-state index contributed by atoms with van der Waals surface area (Å²) < 4.78 is 13.7. The second-order valence-corrected chi connectivity index (χ2v) is 6.20. The molecule has 0 aliphatic carbocycles. The maximum Gasteiger partial charge on any atom is 0.225 e. The second kappa shape index (κ2) is 6.83. The molecule has 24 heavy (non-hydrogen) atoms. The summed E-state index contributed by atoms with van der Waals surface area (Å²) in [4.78, 5) is 20.2. The van der Waals surface area contributed by atoms with E-state index in [-0.39, 0.29) is 30.1 Å². The quantitative estimate of drug-likeness (QED) is 0.750. The summed E-state index contributed by atoms with van der Waals surface area (Å²) in [7, 11) is 0. The Balaban J connectivity index is 1.79. The van der Waals surface area contributed by atoms with E-state index in [9.17, 15) is 9.18 Å². The molecular weight excluding hydrogens is 305 g/mol. The number of halogens is 1. The van der Waals surface area contributed by atoms with E-state index >= 15 is 0 Å². The first-order valence-corrected chi connectivity index (χ1v) is 8.02. The third kappa shape index (κ3) is 3.45. The Morgan fingerprint density at radius 1 is 1.17 bits per heavy atom. The molecule has 0 spiro atoms. The average Bonchev–Trinajstić information content (AvgIpc) is 2.98. The fourth-order valence-electron chi connectivity index (χ4n) is 2.71. The molecular formula is C19H20FN3O. The van der Waals surface area contributed by atoms with E-state index in [0.717, 1.165) is 11.0 Å². The smallest absolute Gasteiger partial charge is 0.225 e. The maximum absolute atomic E-state index is 13.7. The van der Waals surface area contributed by atoms with Crippen LogP contribution in [-0.4, -0.2) is 15.9 Å². The minimum Gasteiger partial charge on any atom is -0.346 e. The van der Waals surface area contributed by atoms with E-state index in [1.54, 1.807) is 18.2 Å². The van der Waals surface area contributed by atoms with Crippen LogP contribution < -0.4 is 5.32 Å². The zero-order valence-electron chi connectivity index (χ0n) is 13.7. The number of imidazole rings is 1. The van der Waals surface area contributed by atoms with Crippen molar-refractivity contribution in [3.05, 3.63) is 65.7 Å². The van der Waals surface area contributed by atoms with Crippen LogP contribution in [-0.2, 0) is 11.2 Å². The molecule has 1 aromatic heterocycles. The SMILES string of the molecule is CC(C)[C@@H](NC(=O)Cc1ccccc1F)c1nc2ccccc2[nH]1. The van der Waals surface area contributed by atoms with Crippen molar-refractivity contribution < 1.29 is 9.18 Å². The fraction of sp³-hybridized carbons (Fsp3) is 0.263. The summed E-state index contributed by atoms with van der Waals surface area (Å²) in [5.41, 5.74) is 2.19. The third-order valence-electron chi connectivity index (χ3n) is 3.99. The molecule has 0 fully saturated rings. The number of rotatable bonds is 5. The van der Waals surface area contributed by atoms with Gasteiger partial charge in [-0.25, -0.2) is 9.37 Å². The maximum atomic E-state index is 13.7. The Morgan fingerprint density at radius 2 is 1.88 bits per heavy atom. The van der Waals surface area contributed by atoms with Crippen LogP contribution in [0.25, 0.3) is 11.0 Å². The summed E-state index contributed by atoms with van der Waals surface area (Å²) in [6.45, 7) is 4.03. The van der Waals surface area contributed by atoms with Crippen LogP contribution in [0.1, 0.15) is 31.3 Å². The van der Waals surface area contributed by atoms with Gasteiger partial charge >= 0.3 is 0 Å². The third-order valence-corrected chi connectivity index (χ3v) is 3.99. The van der Waals surface area contributed by atoms with Gasteiger partial charge in [-0.3, -0.25) is 4.79 Å². The summed E-state index contributed by atoms with van der Waals surface area (Å²) in [6, 6.07) is 13.8. The lowest BCUT2D eigenvalue weighted by Gasteiger charge is -2.20. The number of benzene rings is 2. The number of para-hydroxylation sites is 2. The lowest BCUT2D eigenvalue weighted by molar-refractivity contribution is -0.121. The molecule has 3 rings (SSSR count). The Morgan fingerprint density at radius 3 is 2.58 bits per heavy atom. The molecule has 0 bridgehead atoms. The summed E-state index contributed by atoms with van der Waals surface area (Å²) >= 11 is 0. The van der Waals surface area contributed by atoms with E-state index < -0.39 is 0 Å². The average molecular weight is 325 g/mol. The van der Waals surface area contributed by atoms with Crippen molar-refractivity contribution in [3.8, 4) is 0 Å². The number of carbonyl (C=O) groups excluding carboxylic acids is 1. The van der Waals surface area contributed by atoms with Gasteiger partial charge in [-0.1, -0.05) is 44.2 Å². The second-order valence-electron chi connectivity index (χ2n) is 6.20. The Kier molecular flexibility index (Phi) is 4.60. The number of nitrogens with zero attached hydrogens (tertiary/aromatic N) is 1. The lowest BCUT2D eigenvalue weighted by Crippen LogP contribution is -2.33. The Hall–Kier alpha value is -2.69. The molecule has 1 atom stereocenters. The van der Waals surface area contributed by atoms with E-state index in [1.807, 2.05) is 38.1 Å². The standard InChI is InChI=1S/C19H20FN3O/c1-12(2)18(19-21-15-9-5-6-10-16(15)22-19)23-17(24)11-13-7-3-4-8-14(13)20/h3-10,12,18H,11H2,1-2H3,(H,21,22)(H,23,24)/t18-/m1/s1. The van der Waals surface area contributed by atoms with Gasteiger partial charge in [-0.2, -0.15) is 0 Å². The van der Waals surface area contributed by atoms with Crippen molar-refractivity contribution in [3.63, 3.8) is 0 Å². The highest BCUT2D eigenvalue weighted by molar-refractivity contribution is 5.79. The number of carbonyl (C=O) groups is 1. The molecule has 0 aliphatic heterocycles. The topological polar surface area (TPSA) is 57.8 Å². The predicted molar refractivity (Wildman–Crippen MR) is 91.9 cm³/mol. The predicted octanol–water partition coefficient (Wildman–Crippen LogP) is 3.76. The number of amides is 1. The van der Waals surface area contributed by atoms with Crippen LogP contribution in [0.15, 0.2) is 48.5 Å². The number of nitrogens with one attached hydrogen (secondary N) is 2. The van der Waals surface area contributed by atoms with Gasteiger partial charge in [0.05, 0.1) is 23.5 Å². The highest BCUT2D eigenvalue weighted by Gasteiger charge is 2.22. The van der Waals surface area contributed by atoms with Gasteiger partial charge in [0.15, 0.2) is 0 Å². The van der Waals surface area contributed by atoms with Crippen LogP contribution in [0.5, 0.6) is 0 Å². The number of fused-ring (bicyclic) bond motifs is 1. The summed E-state index contributed by atoms with van der Waals surface area (Å²) in [5.74, 6) is 0.278. The van der Waals surface area contributed by atoms with Gasteiger partial charge in [0, 0.05) is 0 Å². The van der Waals surface area contributed by atoms with Gasteiger partial charge in [-0.05, 0) is 29.7 Å². The van der Waals surface area contributed by atoms with Crippen molar-refractivity contribution in [1.82, 2.24) is 15.3 Å². The van der Waals surface area contributed by atoms with E-state index in [2.05, 4.69) is 15.3 Å². The van der Waals surface area contributed by atoms with E-state index in [4.69, 9.17) is 0 Å². The van der Waals surface area contributed by atoms with Crippen molar-refractivity contribution in [2.45, 2.75) is 26.3 Å². The van der Waals surface area contributed by atoms with Gasteiger partial charge < -0.3 is 10.3 Å². The van der Waals surface area contributed by atoms with Crippen molar-refractivity contribution in [1.29, 1.82) is 0 Å². The normalized spacial score (nSPS) is 12.5. The molecule has 0 saturated heterocycles. The molecule has 5 heteroatoms. The molecule has 4 nitrogen and oxygen atoms in total. The molecule has 1 amide bonds. The molecule has 2 aromatic carbocycles. The van der Waals surface area contributed by atoms with Gasteiger partial charge in [-0.15, -0.1) is 0 Å². The highest BCUT2D eigenvalue weighted by atomic mass is 19.1. The van der Waals surface area contributed by atoms with Crippen LogP contribution in [0.2, 0.25) is 0 Å². The first-order valence-electron chi connectivity index (χ1n) is 8.02. The minimum atomic E-state index is -0.363. The molecule has 0 saturated carbocycles. The molecule has 1 heterocycles. The molecule has 0 aliphatic rings. The number of aromatic amines is 1. The zero-order valence-corrected chi connectivity index (χ0v) is 13.7. The van der Waals surface area contributed by atoms with Crippen molar-refractivity contribution in [2.75, 3.05) is 0 Å². The molecule has 124 valence electrons. The Labute approximate surface area is 140 Å². The van der Waals surface area contributed by atoms with Crippen LogP contribution >= 0.6 is 0 Å². The highest BCUT2D eigenvalue weighted by Crippen LogP contribution is 2.22. The summed E-state index contributed by atoms with van der Waals surface area (Å²) in [5, 5.41) is 2.97. The number of aromatic nitrogens is 2. The van der Waals surface area contributed by atoms with Crippen molar-refractivity contribution >= 4 is 16.9 Å². The monoisotopic (exact) mass is 325 g/mol. The first-order chi connectivity index (χ1) is 11.5. The minimum absolute atomic E-state index is 0.0100. The van der Waals surface area contributed by atoms with Crippen LogP contribution in [0, 0.1) is 11.7 Å². The molecule has 3 aromatic rings. The number of H-pyrrole nitrogens is 1. The van der Waals surface area contributed by atoms with Crippen LogP contribution in [0.4, 0.5) is 4.39 Å². The summed E-state index contributed by atoms with van der Waals surface area (Å²) in [6.07, 6.45) is 0.0100.